The number of hydrogen-bond acceptors (Lipinski definition) is 7. The number of carbonyl (C=O) groups is 5. The van der Waals surface area contributed by atoms with Gasteiger partial charge < -0.3 is 32.1 Å². The van der Waals surface area contributed by atoms with Crippen molar-refractivity contribution in [3.8, 4) is 0 Å². The summed E-state index contributed by atoms with van der Waals surface area (Å²) in [7, 11) is 0. The van der Waals surface area contributed by atoms with E-state index in [0.717, 1.165) is 51.5 Å². The van der Waals surface area contributed by atoms with Crippen LogP contribution >= 0.6 is 0 Å². The second kappa shape index (κ2) is 20.7. The Morgan fingerprint density at radius 1 is 0.771 bits per heavy atom. The number of nitrogens with two attached hydrogens (primary N) is 1. The van der Waals surface area contributed by atoms with E-state index in [1.54, 1.807) is 0 Å². The molecule has 0 aromatic carbocycles. The quantitative estimate of drug-likeness (QED) is 0.0765. The van der Waals surface area contributed by atoms with E-state index in [0.29, 0.717) is 32.1 Å². The molecule has 0 bridgehead atoms. The lowest BCUT2D eigenvalue weighted by Crippen LogP contribution is -2.62. The number of unbranched alkanes of at least 4 members (excludes halogenated alkanes) is 3. The van der Waals surface area contributed by atoms with Crippen molar-refractivity contribution in [2.45, 2.75) is 174 Å². The number of hydrogen-bond donors (Lipinski definition) is 7. The zero-order valence-electron chi connectivity index (χ0n) is 31.2. The monoisotopic (exact) mass is 681 g/mol. The number of nitrogens with one attached hydrogen (secondary N) is 5. The van der Waals surface area contributed by atoms with Gasteiger partial charge in [0.25, 0.3) is 0 Å². The highest BCUT2D eigenvalue weighted by Crippen LogP contribution is 2.33. The summed E-state index contributed by atoms with van der Waals surface area (Å²) >= 11 is 0. The summed E-state index contributed by atoms with van der Waals surface area (Å²) in [5, 5.41) is 24.7. The summed E-state index contributed by atoms with van der Waals surface area (Å²) in [4.78, 5) is 64.3. The molecule has 0 spiro atoms. The molecule has 1 aliphatic rings. The van der Waals surface area contributed by atoms with Gasteiger partial charge in [-0.2, -0.15) is 0 Å². The first-order valence-corrected chi connectivity index (χ1v) is 18.2. The number of aliphatic carboxylic acids is 1. The Hall–Kier alpha value is -2.73. The lowest BCUT2D eigenvalue weighted by Gasteiger charge is -2.35. The van der Waals surface area contributed by atoms with Gasteiger partial charge in [-0.25, -0.2) is 9.59 Å². The van der Waals surface area contributed by atoms with Crippen LogP contribution in [0.4, 0.5) is 4.79 Å². The maximum atomic E-state index is 13.9. The molecule has 1 saturated carbocycles. The number of ketones is 1. The van der Waals surface area contributed by atoms with Gasteiger partial charge in [0, 0.05) is 18.5 Å². The number of carboxylic acids is 1. The summed E-state index contributed by atoms with van der Waals surface area (Å²) in [6, 6.07) is -3.59. The Balaban J connectivity index is 3.01. The third-order valence-corrected chi connectivity index (χ3v) is 8.99. The molecule has 1 fully saturated rings. The molecule has 1 aliphatic carbocycles. The standard InChI is InChI=1S/C36H68N6O6/c1-25(2)29(42-36(21-13-14-22-36)28(43)19-10-9-12-20-34(3,4)5)31(45)40-26(18-16-23-38-33(37)48)30(44)41-27(32(46)47)17-11-15-24-39-35(6,7)8/h25-27,29,39,42H,9-24H2,1-8H3,(H,40,45)(H,41,44)(H,46,47)(H3,37,38,48)/t26?,27-,29-/m0/s1. The molecule has 12 heteroatoms. The Labute approximate surface area is 289 Å². The van der Waals surface area contributed by atoms with Crippen molar-refractivity contribution in [1.82, 2.24) is 26.6 Å². The van der Waals surface area contributed by atoms with Crippen molar-refractivity contribution in [1.29, 1.82) is 0 Å². The molecule has 278 valence electrons. The topological polar surface area (TPSA) is 192 Å². The lowest BCUT2D eigenvalue weighted by molar-refractivity contribution is -0.142. The number of amides is 4. The van der Waals surface area contributed by atoms with Crippen molar-refractivity contribution in [3.63, 3.8) is 0 Å². The highest BCUT2D eigenvalue weighted by atomic mass is 16.4. The van der Waals surface area contributed by atoms with Gasteiger partial charge in [0.05, 0.1) is 11.6 Å². The summed E-state index contributed by atoms with van der Waals surface area (Å²) < 4.78 is 0. The first kappa shape index (κ1) is 43.3. The second-order valence-electron chi connectivity index (χ2n) is 16.3. The Morgan fingerprint density at radius 2 is 1.38 bits per heavy atom. The van der Waals surface area contributed by atoms with Gasteiger partial charge >= 0.3 is 12.0 Å². The van der Waals surface area contributed by atoms with E-state index in [9.17, 15) is 29.1 Å². The van der Waals surface area contributed by atoms with Crippen LogP contribution in [-0.2, 0) is 19.2 Å². The molecule has 4 amide bonds. The summed E-state index contributed by atoms with van der Waals surface area (Å²) in [6.07, 6.45) is 9.63. The van der Waals surface area contributed by atoms with Crippen molar-refractivity contribution in [3.05, 3.63) is 0 Å². The van der Waals surface area contributed by atoms with E-state index in [1.165, 1.54) is 0 Å². The first-order valence-electron chi connectivity index (χ1n) is 18.2. The molecule has 12 nitrogen and oxygen atoms in total. The highest BCUT2D eigenvalue weighted by Gasteiger charge is 2.44. The first-order chi connectivity index (χ1) is 22.3. The molecule has 0 saturated heterocycles. The van der Waals surface area contributed by atoms with E-state index < -0.39 is 47.5 Å². The smallest absolute Gasteiger partial charge is 0.326 e. The molecule has 0 aromatic heterocycles. The average Bonchev–Trinajstić information content (AvgIpc) is 3.44. The molecule has 0 aromatic rings. The fourth-order valence-electron chi connectivity index (χ4n) is 6.19. The molecule has 0 aliphatic heterocycles. The van der Waals surface area contributed by atoms with Crippen LogP contribution in [0.1, 0.15) is 145 Å². The van der Waals surface area contributed by atoms with Crippen molar-refractivity contribution in [2.75, 3.05) is 13.1 Å². The number of carbonyl (C=O) groups excluding carboxylic acids is 4. The van der Waals surface area contributed by atoms with Crippen LogP contribution in [0.3, 0.4) is 0 Å². The predicted octanol–water partition coefficient (Wildman–Crippen LogP) is 4.54. The molecule has 3 atom stereocenters. The Bertz CT molecular complexity index is 1030. The molecule has 1 rings (SSSR count). The fourth-order valence-corrected chi connectivity index (χ4v) is 6.19. The minimum absolute atomic E-state index is 0.0471. The van der Waals surface area contributed by atoms with E-state index in [4.69, 9.17) is 5.73 Å². The van der Waals surface area contributed by atoms with Crippen LogP contribution in [-0.4, -0.2) is 77.0 Å². The van der Waals surface area contributed by atoms with Crippen LogP contribution < -0.4 is 32.3 Å². The summed E-state index contributed by atoms with van der Waals surface area (Å²) in [5.41, 5.74) is 4.62. The van der Waals surface area contributed by atoms with Crippen molar-refractivity contribution in [2.24, 2.45) is 17.1 Å². The largest absolute Gasteiger partial charge is 0.480 e. The van der Waals surface area contributed by atoms with Crippen molar-refractivity contribution >= 4 is 29.6 Å². The Kier molecular flexibility index (Phi) is 18.7. The van der Waals surface area contributed by atoms with Gasteiger partial charge in [-0.15, -0.1) is 0 Å². The number of primary amides is 1. The average molecular weight is 681 g/mol. The predicted molar refractivity (Wildman–Crippen MR) is 190 cm³/mol. The Morgan fingerprint density at radius 3 is 1.92 bits per heavy atom. The van der Waals surface area contributed by atoms with E-state index >= 15 is 0 Å². The highest BCUT2D eigenvalue weighted by molar-refractivity contribution is 5.93. The molecular formula is C36H68N6O6. The molecule has 1 unspecified atom stereocenters. The fraction of sp³-hybridized carbons (Fsp3) is 0.861. The van der Waals surface area contributed by atoms with Gasteiger partial charge in [-0.3, -0.25) is 19.7 Å². The summed E-state index contributed by atoms with van der Waals surface area (Å²) in [5.74, 6) is -2.21. The number of rotatable bonds is 23. The van der Waals surface area contributed by atoms with Crippen LogP contribution in [0.25, 0.3) is 0 Å². The molecular weight excluding hydrogens is 612 g/mol. The van der Waals surface area contributed by atoms with Gasteiger partial charge in [-0.1, -0.05) is 60.3 Å². The normalized spacial score (nSPS) is 16.6. The summed E-state index contributed by atoms with van der Waals surface area (Å²) in [6.45, 7) is 17.5. The molecule has 0 radical (unpaired) electrons. The van der Waals surface area contributed by atoms with Gasteiger partial charge in [-0.05, 0) is 96.4 Å². The molecule has 8 N–H and O–H groups in total. The maximum Gasteiger partial charge on any atom is 0.326 e. The zero-order chi connectivity index (χ0) is 36.5. The van der Waals surface area contributed by atoms with E-state index in [-0.39, 0.29) is 42.0 Å². The van der Waals surface area contributed by atoms with Gasteiger partial charge in [0.15, 0.2) is 5.78 Å². The van der Waals surface area contributed by atoms with Crippen LogP contribution in [0, 0.1) is 11.3 Å². The van der Waals surface area contributed by atoms with Crippen molar-refractivity contribution < 1.29 is 29.1 Å². The van der Waals surface area contributed by atoms with E-state index in [1.807, 2.05) is 13.8 Å². The molecule has 48 heavy (non-hydrogen) atoms. The van der Waals surface area contributed by atoms with Crippen LogP contribution in [0.2, 0.25) is 0 Å². The van der Waals surface area contributed by atoms with Gasteiger partial charge in [0.2, 0.25) is 11.8 Å². The van der Waals surface area contributed by atoms with Gasteiger partial charge in [0.1, 0.15) is 12.1 Å². The number of urea groups is 1. The van der Waals surface area contributed by atoms with E-state index in [2.05, 4.69) is 68.1 Å². The maximum absolute atomic E-state index is 13.9. The SMILES string of the molecule is CC(C)[C@H](NC1(C(=O)CCCCCC(C)(C)C)CCCC1)C(=O)NC(CCCNC(N)=O)C(=O)N[C@@H](CCCCNC(C)(C)C)C(=O)O. The zero-order valence-corrected chi connectivity index (χ0v) is 31.2. The molecule has 0 heterocycles. The number of Topliss-reactive ketones (excluding diaryl/α,β-unsaturated/α-hetero) is 1. The third-order valence-electron chi connectivity index (χ3n) is 8.99. The minimum atomic E-state index is -1.14. The third kappa shape index (κ3) is 17.6. The second-order valence-corrected chi connectivity index (χ2v) is 16.3. The lowest BCUT2D eigenvalue weighted by atomic mass is 9.85. The van der Waals surface area contributed by atoms with Crippen LogP contribution in [0.5, 0.6) is 0 Å². The van der Waals surface area contributed by atoms with Crippen LogP contribution in [0.15, 0.2) is 0 Å². The number of carboxylic acid groups (broad SMARTS) is 1. The minimum Gasteiger partial charge on any atom is -0.480 e.